The van der Waals surface area contributed by atoms with Crippen LogP contribution < -0.4 is 0 Å². The van der Waals surface area contributed by atoms with E-state index in [2.05, 4.69) is 20.4 Å². The van der Waals surface area contributed by atoms with Crippen LogP contribution in [0, 0.1) is 22.7 Å². The summed E-state index contributed by atoms with van der Waals surface area (Å²) in [7, 11) is 0. The Labute approximate surface area is 148 Å². The molecule has 5 atom stereocenters. The van der Waals surface area contributed by atoms with E-state index >= 15 is 0 Å². The van der Waals surface area contributed by atoms with E-state index in [1.54, 1.807) is 13.0 Å². The van der Waals surface area contributed by atoms with E-state index in [-0.39, 0.29) is 35.6 Å². The first kappa shape index (κ1) is 18.3. The van der Waals surface area contributed by atoms with Gasteiger partial charge in [0.2, 0.25) is 0 Å². The number of Topliss-reactive ketones (excluding diaryl/α,β-unsaturated/α-hetero) is 1. The first-order valence-corrected chi connectivity index (χ1v) is 8.97. The fourth-order valence-corrected chi connectivity index (χ4v) is 5.31. The lowest BCUT2D eigenvalue weighted by Gasteiger charge is -2.43. The quantitative estimate of drug-likeness (QED) is 0.603. The molecule has 2 N–H and O–H groups in total. The molecule has 0 unspecified atom stereocenters. The van der Waals surface area contributed by atoms with Crippen molar-refractivity contribution in [1.82, 2.24) is 0 Å². The van der Waals surface area contributed by atoms with Crippen molar-refractivity contribution in [3.63, 3.8) is 0 Å². The van der Waals surface area contributed by atoms with Gasteiger partial charge in [0, 0.05) is 17.4 Å². The molecule has 1 aliphatic heterocycles. The zero-order chi connectivity index (χ0) is 18.8. The van der Waals surface area contributed by atoms with Crippen molar-refractivity contribution in [2.24, 2.45) is 22.7 Å². The summed E-state index contributed by atoms with van der Waals surface area (Å²) in [5.41, 5.74) is -2.30. The summed E-state index contributed by atoms with van der Waals surface area (Å²) in [6, 6.07) is 0. The third-order valence-electron chi connectivity index (χ3n) is 7.00. The Balaban J connectivity index is 2.24. The SMILES string of the molecule is C=C(CO)[C@@]1(O)C=C2C(=O)C[C@@H](C(C)C)[C@]2(C)C[C@H]2OC(=O)C[C@]21C. The van der Waals surface area contributed by atoms with Crippen molar-refractivity contribution in [2.75, 3.05) is 6.61 Å². The molecule has 0 spiro atoms. The molecule has 2 fully saturated rings. The van der Waals surface area contributed by atoms with E-state index in [1.165, 1.54) is 0 Å². The Morgan fingerprint density at radius 1 is 1.40 bits per heavy atom. The van der Waals surface area contributed by atoms with Crippen LogP contribution in [0.15, 0.2) is 23.8 Å². The summed E-state index contributed by atoms with van der Waals surface area (Å²) in [5.74, 6) is 0.0813. The number of carbonyl (C=O) groups excluding carboxylic acids is 2. The second kappa shape index (κ2) is 5.52. The van der Waals surface area contributed by atoms with Gasteiger partial charge in [0.05, 0.1) is 18.4 Å². The van der Waals surface area contributed by atoms with Gasteiger partial charge in [-0.2, -0.15) is 0 Å². The Hall–Kier alpha value is -1.46. The van der Waals surface area contributed by atoms with Crippen molar-refractivity contribution in [1.29, 1.82) is 0 Å². The Morgan fingerprint density at radius 2 is 2.04 bits per heavy atom. The van der Waals surface area contributed by atoms with Crippen molar-refractivity contribution in [3.8, 4) is 0 Å². The summed E-state index contributed by atoms with van der Waals surface area (Å²) in [6.07, 6.45) is 2.01. The van der Waals surface area contributed by atoms with Gasteiger partial charge in [-0.3, -0.25) is 9.59 Å². The van der Waals surface area contributed by atoms with Crippen LogP contribution >= 0.6 is 0 Å². The van der Waals surface area contributed by atoms with E-state index in [0.29, 0.717) is 18.4 Å². The van der Waals surface area contributed by atoms with Crippen LogP contribution in [0.4, 0.5) is 0 Å². The third-order valence-corrected chi connectivity index (χ3v) is 7.00. The second-order valence-electron chi connectivity index (χ2n) is 8.76. The fraction of sp³-hybridized carbons (Fsp3) is 0.700. The van der Waals surface area contributed by atoms with Crippen LogP contribution in [0.1, 0.15) is 47.0 Å². The van der Waals surface area contributed by atoms with Gasteiger partial charge in [-0.25, -0.2) is 0 Å². The largest absolute Gasteiger partial charge is 0.462 e. The van der Waals surface area contributed by atoms with Gasteiger partial charge in [0.25, 0.3) is 0 Å². The minimum Gasteiger partial charge on any atom is -0.462 e. The lowest BCUT2D eigenvalue weighted by molar-refractivity contribution is -0.143. The highest BCUT2D eigenvalue weighted by molar-refractivity contribution is 6.00. The van der Waals surface area contributed by atoms with Gasteiger partial charge >= 0.3 is 5.97 Å². The highest BCUT2D eigenvalue weighted by atomic mass is 16.6. The number of hydrogen-bond acceptors (Lipinski definition) is 5. The summed E-state index contributed by atoms with van der Waals surface area (Å²) in [5, 5.41) is 21.2. The number of ketones is 1. The maximum absolute atomic E-state index is 12.8. The maximum Gasteiger partial charge on any atom is 0.306 e. The molecule has 25 heavy (non-hydrogen) atoms. The van der Waals surface area contributed by atoms with Gasteiger partial charge in [-0.05, 0) is 29.9 Å². The second-order valence-corrected chi connectivity index (χ2v) is 8.76. The van der Waals surface area contributed by atoms with Gasteiger partial charge in [-0.1, -0.05) is 34.3 Å². The Bertz CT molecular complexity index is 678. The van der Waals surface area contributed by atoms with Gasteiger partial charge in [-0.15, -0.1) is 0 Å². The monoisotopic (exact) mass is 348 g/mol. The van der Waals surface area contributed by atoms with Crippen LogP contribution in [0.3, 0.4) is 0 Å². The number of aliphatic hydroxyl groups is 2. The molecular weight excluding hydrogens is 320 g/mol. The normalized spacial score (nSPS) is 43.4. The number of allylic oxidation sites excluding steroid dienone is 1. The van der Waals surface area contributed by atoms with E-state index < -0.39 is 29.1 Å². The molecule has 5 heteroatoms. The molecule has 1 heterocycles. The van der Waals surface area contributed by atoms with Crippen molar-refractivity contribution < 1.29 is 24.5 Å². The molecule has 1 saturated heterocycles. The molecule has 3 rings (SSSR count). The Kier molecular flexibility index (Phi) is 4.05. The van der Waals surface area contributed by atoms with E-state index in [0.717, 1.165) is 0 Å². The zero-order valence-electron chi connectivity index (χ0n) is 15.5. The highest BCUT2D eigenvalue weighted by Gasteiger charge is 2.64. The first-order valence-electron chi connectivity index (χ1n) is 8.97. The number of ether oxygens (including phenoxy) is 1. The number of esters is 1. The zero-order valence-corrected chi connectivity index (χ0v) is 15.5. The van der Waals surface area contributed by atoms with Gasteiger partial charge in [0.1, 0.15) is 11.7 Å². The number of fused-ring (bicyclic) bond motifs is 2. The molecule has 3 aliphatic rings. The average Bonchev–Trinajstić information content (AvgIpc) is 2.92. The number of carbonyl (C=O) groups is 2. The molecule has 0 aromatic heterocycles. The molecular formula is C20H28O5. The van der Waals surface area contributed by atoms with E-state index in [1.807, 2.05) is 6.92 Å². The maximum atomic E-state index is 12.8. The fourth-order valence-electron chi connectivity index (χ4n) is 5.31. The molecule has 0 amide bonds. The summed E-state index contributed by atoms with van der Waals surface area (Å²) in [6.45, 7) is 11.4. The summed E-state index contributed by atoms with van der Waals surface area (Å²) < 4.78 is 5.61. The van der Waals surface area contributed by atoms with Gasteiger partial charge in [0.15, 0.2) is 5.78 Å². The molecule has 5 nitrogen and oxygen atoms in total. The number of hydrogen-bond donors (Lipinski definition) is 2. The molecule has 0 bridgehead atoms. The highest BCUT2D eigenvalue weighted by Crippen LogP contribution is 2.61. The van der Waals surface area contributed by atoms with Gasteiger partial charge < -0.3 is 14.9 Å². The van der Waals surface area contributed by atoms with E-state index in [4.69, 9.17) is 4.74 Å². The molecule has 1 saturated carbocycles. The van der Waals surface area contributed by atoms with Crippen LogP contribution in [-0.2, 0) is 14.3 Å². The smallest absolute Gasteiger partial charge is 0.306 e. The minimum atomic E-state index is -1.66. The first-order chi connectivity index (χ1) is 11.5. The average molecular weight is 348 g/mol. The number of rotatable bonds is 3. The third kappa shape index (κ3) is 2.28. The molecule has 0 radical (unpaired) electrons. The summed E-state index contributed by atoms with van der Waals surface area (Å²) >= 11 is 0. The molecule has 0 aromatic carbocycles. The molecule has 0 aromatic rings. The van der Waals surface area contributed by atoms with Crippen molar-refractivity contribution >= 4 is 11.8 Å². The van der Waals surface area contributed by atoms with Crippen LogP contribution in [0.5, 0.6) is 0 Å². The minimum absolute atomic E-state index is 0.0280. The lowest BCUT2D eigenvalue weighted by Crippen LogP contribution is -2.51. The van der Waals surface area contributed by atoms with E-state index in [9.17, 15) is 19.8 Å². The molecule has 2 aliphatic carbocycles. The predicted molar refractivity (Wildman–Crippen MR) is 92.5 cm³/mol. The van der Waals surface area contributed by atoms with Crippen LogP contribution in [0.25, 0.3) is 0 Å². The lowest BCUT2D eigenvalue weighted by atomic mass is 9.64. The number of aliphatic hydroxyl groups excluding tert-OH is 1. The van der Waals surface area contributed by atoms with Crippen LogP contribution in [-0.4, -0.2) is 40.3 Å². The van der Waals surface area contributed by atoms with Crippen LogP contribution in [0.2, 0.25) is 0 Å². The summed E-state index contributed by atoms with van der Waals surface area (Å²) in [4.78, 5) is 24.9. The van der Waals surface area contributed by atoms with Crippen molar-refractivity contribution in [3.05, 3.63) is 23.8 Å². The standard InChI is InChI=1S/C20H28O5/c1-11(2)13-6-15(22)14-7-20(24,12(3)10-21)19(5)9-17(23)25-16(19)8-18(13,14)4/h7,11,13,16,21,24H,3,6,8-10H2,1-2,4-5H3/t13-,16+,18-,19+,20-/m0/s1. The topological polar surface area (TPSA) is 83.8 Å². The Morgan fingerprint density at radius 3 is 2.60 bits per heavy atom. The van der Waals surface area contributed by atoms with Crippen molar-refractivity contribution in [2.45, 2.75) is 58.7 Å². The molecule has 138 valence electrons. The predicted octanol–water partition coefficient (Wildman–Crippen LogP) is 2.17.